The van der Waals surface area contributed by atoms with Gasteiger partial charge in [0.2, 0.25) is 0 Å². The predicted molar refractivity (Wildman–Crippen MR) is 76.8 cm³/mol. The van der Waals surface area contributed by atoms with Gasteiger partial charge in [-0.1, -0.05) is 19.4 Å². The number of hydrogen-bond acceptors (Lipinski definition) is 3. The Morgan fingerprint density at radius 3 is 2.37 bits per heavy atom. The molecule has 0 unspecified atom stereocenters. The molecular formula is C14H26NO3Si+. The van der Waals surface area contributed by atoms with E-state index in [1.165, 1.54) is 18.5 Å². The van der Waals surface area contributed by atoms with Gasteiger partial charge in [-0.25, -0.2) is 4.57 Å². The third kappa shape index (κ3) is 4.69. The number of hydrogen-bond donors (Lipinski definition) is 0. The van der Waals surface area contributed by atoms with Gasteiger partial charge in [0, 0.05) is 39.9 Å². The average Bonchev–Trinajstić information content (AvgIpc) is 2.48. The molecule has 108 valence electrons. The van der Waals surface area contributed by atoms with Crippen LogP contribution in [-0.2, 0) is 26.2 Å². The topological polar surface area (TPSA) is 31.6 Å². The van der Waals surface area contributed by atoms with Gasteiger partial charge in [0.1, 0.15) is 0 Å². The first-order valence-corrected chi connectivity index (χ1v) is 8.77. The molecule has 0 N–H and O–H groups in total. The molecule has 0 saturated heterocycles. The second-order valence-corrected chi connectivity index (χ2v) is 7.63. The van der Waals surface area contributed by atoms with Crippen LogP contribution in [0.3, 0.4) is 0 Å². The van der Waals surface area contributed by atoms with Crippen molar-refractivity contribution in [3.8, 4) is 0 Å². The SMILES string of the molecule is CCCCc1cccc[n+]1CC[Si](OC)(OC)OC. The number of nitrogens with zero attached hydrogens (tertiary/aromatic N) is 1. The molecule has 0 aliphatic carbocycles. The van der Waals surface area contributed by atoms with Crippen LogP contribution in [0, 0.1) is 0 Å². The first-order valence-electron chi connectivity index (χ1n) is 6.84. The quantitative estimate of drug-likeness (QED) is 0.514. The van der Waals surface area contributed by atoms with E-state index in [1.54, 1.807) is 21.3 Å². The fourth-order valence-corrected chi connectivity index (χ4v) is 3.76. The van der Waals surface area contributed by atoms with Crippen LogP contribution in [-0.4, -0.2) is 30.1 Å². The van der Waals surface area contributed by atoms with Crippen molar-refractivity contribution in [2.45, 2.75) is 38.8 Å². The van der Waals surface area contributed by atoms with Crippen molar-refractivity contribution in [3.05, 3.63) is 30.1 Å². The summed E-state index contributed by atoms with van der Waals surface area (Å²) < 4.78 is 18.7. The highest BCUT2D eigenvalue weighted by Crippen LogP contribution is 2.12. The number of pyridine rings is 1. The zero-order chi connectivity index (χ0) is 14.1. The Bertz CT molecular complexity index is 361. The molecule has 1 rings (SSSR count). The molecule has 1 heterocycles. The van der Waals surface area contributed by atoms with Crippen LogP contribution in [0.15, 0.2) is 24.4 Å². The second kappa shape index (κ2) is 8.42. The molecule has 0 saturated carbocycles. The van der Waals surface area contributed by atoms with Crippen LogP contribution >= 0.6 is 0 Å². The van der Waals surface area contributed by atoms with E-state index in [-0.39, 0.29) is 0 Å². The molecule has 0 aliphatic rings. The van der Waals surface area contributed by atoms with Crippen molar-refractivity contribution in [1.82, 2.24) is 0 Å². The van der Waals surface area contributed by atoms with Crippen molar-refractivity contribution < 1.29 is 17.8 Å². The minimum atomic E-state index is -2.48. The van der Waals surface area contributed by atoms with Gasteiger partial charge in [0.25, 0.3) is 0 Å². The third-order valence-corrected chi connectivity index (χ3v) is 6.12. The molecule has 0 fully saturated rings. The van der Waals surface area contributed by atoms with E-state index in [0.717, 1.165) is 19.0 Å². The number of rotatable bonds is 9. The maximum absolute atomic E-state index is 5.46. The molecule has 1 aromatic rings. The van der Waals surface area contributed by atoms with Gasteiger partial charge in [-0.05, 0) is 6.42 Å². The first-order chi connectivity index (χ1) is 9.21. The lowest BCUT2D eigenvalue weighted by molar-refractivity contribution is -0.701. The summed E-state index contributed by atoms with van der Waals surface area (Å²) in [6, 6.07) is 7.12. The van der Waals surface area contributed by atoms with E-state index in [0.29, 0.717) is 0 Å². The predicted octanol–water partition coefficient (Wildman–Crippen LogP) is 2.19. The van der Waals surface area contributed by atoms with Crippen molar-refractivity contribution in [2.75, 3.05) is 21.3 Å². The Labute approximate surface area is 117 Å². The van der Waals surface area contributed by atoms with E-state index < -0.39 is 8.80 Å². The molecule has 0 aromatic carbocycles. The molecule has 0 aliphatic heterocycles. The Morgan fingerprint density at radius 1 is 1.11 bits per heavy atom. The number of unbranched alkanes of at least 4 members (excludes halogenated alkanes) is 1. The van der Waals surface area contributed by atoms with Crippen LogP contribution in [0.4, 0.5) is 0 Å². The third-order valence-electron chi connectivity index (χ3n) is 3.41. The van der Waals surface area contributed by atoms with Gasteiger partial charge in [-0.15, -0.1) is 0 Å². The summed E-state index contributed by atoms with van der Waals surface area (Å²) in [6.07, 6.45) is 5.65. The lowest BCUT2D eigenvalue weighted by Gasteiger charge is -2.23. The number of aryl methyl sites for hydroxylation is 2. The minimum Gasteiger partial charge on any atom is -0.377 e. The van der Waals surface area contributed by atoms with E-state index in [4.69, 9.17) is 13.3 Å². The van der Waals surface area contributed by atoms with Crippen LogP contribution < -0.4 is 4.57 Å². The van der Waals surface area contributed by atoms with Gasteiger partial charge in [0.15, 0.2) is 18.4 Å². The fourth-order valence-electron chi connectivity index (χ4n) is 2.13. The molecule has 1 aromatic heterocycles. The lowest BCUT2D eigenvalue weighted by Crippen LogP contribution is -2.48. The zero-order valence-corrected chi connectivity index (χ0v) is 13.5. The number of aromatic nitrogens is 1. The molecule has 0 spiro atoms. The molecule has 0 atom stereocenters. The molecule has 19 heavy (non-hydrogen) atoms. The molecular weight excluding hydrogens is 258 g/mol. The highest BCUT2D eigenvalue weighted by atomic mass is 28.4. The summed E-state index contributed by atoms with van der Waals surface area (Å²) >= 11 is 0. The summed E-state index contributed by atoms with van der Waals surface area (Å²) in [5.74, 6) is 0. The summed E-state index contributed by atoms with van der Waals surface area (Å²) in [7, 11) is 2.50. The lowest BCUT2D eigenvalue weighted by atomic mass is 10.2. The summed E-state index contributed by atoms with van der Waals surface area (Å²) in [5.41, 5.74) is 1.36. The largest absolute Gasteiger partial charge is 0.506 e. The Balaban J connectivity index is 2.71. The fraction of sp³-hybridized carbons (Fsp3) is 0.643. The Morgan fingerprint density at radius 2 is 1.79 bits per heavy atom. The van der Waals surface area contributed by atoms with E-state index in [2.05, 4.69) is 35.9 Å². The van der Waals surface area contributed by atoms with Crippen LogP contribution in [0.5, 0.6) is 0 Å². The van der Waals surface area contributed by atoms with Crippen LogP contribution in [0.1, 0.15) is 25.5 Å². The van der Waals surface area contributed by atoms with Gasteiger partial charge in [-0.3, -0.25) is 0 Å². The maximum Gasteiger partial charge on any atom is 0.506 e. The molecule has 0 radical (unpaired) electrons. The highest BCUT2D eigenvalue weighted by molar-refractivity contribution is 6.60. The Hall–Kier alpha value is -0.753. The van der Waals surface area contributed by atoms with Gasteiger partial charge in [0.05, 0.1) is 6.04 Å². The molecule has 0 bridgehead atoms. The van der Waals surface area contributed by atoms with Crippen LogP contribution in [0.25, 0.3) is 0 Å². The highest BCUT2D eigenvalue weighted by Gasteiger charge is 2.39. The van der Waals surface area contributed by atoms with Gasteiger partial charge < -0.3 is 13.3 Å². The normalized spacial score (nSPS) is 11.8. The second-order valence-electron chi connectivity index (χ2n) is 4.53. The summed E-state index contributed by atoms with van der Waals surface area (Å²) in [4.78, 5) is 0. The maximum atomic E-state index is 5.46. The van der Waals surface area contributed by atoms with Crippen molar-refractivity contribution in [2.24, 2.45) is 0 Å². The minimum absolute atomic E-state index is 0.782. The smallest absolute Gasteiger partial charge is 0.377 e. The van der Waals surface area contributed by atoms with E-state index >= 15 is 0 Å². The summed E-state index contributed by atoms with van der Waals surface area (Å²) in [5, 5.41) is 0. The zero-order valence-electron chi connectivity index (χ0n) is 12.5. The Kier molecular flexibility index (Phi) is 7.23. The molecule has 5 heteroatoms. The first kappa shape index (κ1) is 16.3. The monoisotopic (exact) mass is 284 g/mol. The molecule has 4 nitrogen and oxygen atoms in total. The van der Waals surface area contributed by atoms with Crippen molar-refractivity contribution in [1.29, 1.82) is 0 Å². The van der Waals surface area contributed by atoms with Gasteiger partial charge in [-0.2, -0.15) is 0 Å². The van der Waals surface area contributed by atoms with E-state index in [9.17, 15) is 0 Å². The standard InChI is InChI=1S/C14H26NO3Si/c1-5-6-9-14-10-7-8-11-15(14)12-13-19(16-2,17-3)18-4/h7-8,10-11H,5-6,9,12-13H2,1-4H3/q+1. The molecule has 0 amide bonds. The van der Waals surface area contributed by atoms with Crippen LogP contribution in [0.2, 0.25) is 6.04 Å². The van der Waals surface area contributed by atoms with Crippen molar-refractivity contribution in [3.63, 3.8) is 0 Å². The van der Waals surface area contributed by atoms with Crippen molar-refractivity contribution >= 4 is 8.80 Å². The summed E-state index contributed by atoms with van der Waals surface area (Å²) in [6.45, 7) is 3.08. The van der Waals surface area contributed by atoms with E-state index in [1.807, 2.05) is 0 Å². The average molecular weight is 284 g/mol. The van der Waals surface area contributed by atoms with Gasteiger partial charge >= 0.3 is 8.80 Å².